The maximum atomic E-state index is 15.0. The molecule has 0 bridgehead atoms. The van der Waals surface area contributed by atoms with Gasteiger partial charge >= 0.3 is 6.09 Å². The standard InChI is InChI=1S/C35H31N3O7/c1-19-12-14-21(15-13-19)36-38-31(41)26-18-25-22(16-17-24-28(25)32(42)37(30(24)40)34(44)45-2)29(23-10-6-7-11-27(23)39)35(26,33(38)43)20-8-4-3-5-9-20/h3-16,24-26,28-29,36,39H,17-18H2,1-2H3. The lowest BCUT2D eigenvalue weighted by molar-refractivity contribution is -0.140. The normalized spacial score (nSPS) is 28.8. The number of para-hydroxylation sites is 1. The van der Waals surface area contributed by atoms with E-state index in [-0.39, 0.29) is 18.6 Å². The molecule has 0 spiro atoms. The number of nitrogens with one attached hydrogen (secondary N) is 1. The Labute approximate surface area is 259 Å². The van der Waals surface area contributed by atoms with Gasteiger partial charge in [0.1, 0.15) is 5.75 Å². The summed E-state index contributed by atoms with van der Waals surface area (Å²) >= 11 is 0. The van der Waals surface area contributed by atoms with Crippen molar-refractivity contribution < 1.29 is 33.8 Å². The minimum atomic E-state index is -1.49. The van der Waals surface area contributed by atoms with E-state index in [1.165, 1.54) is 6.07 Å². The average molecular weight is 606 g/mol. The van der Waals surface area contributed by atoms with E-state index in [9.17, 15) is 29.1 Å². The topological polar surface area (TPSA) is 133 Å². The Morgan fingerprint density at radius 1 is 0.889 bits per heavy atom. The van der Waals surface area contributed by atoms with Gasteiger partial charge in [-0.05, 0) is 49.4 Å². The second-order valence-corrected chi connectivity index (χ2v) is 12.1. The van der Waals surface area contributed by atoms with Gasteiger partial charge in [0.15, 0.2) is 0 Å². The molecule has 2 saturated heterocycles. The number of fused-ring (bicyclic) bond motifs is 4. The van der Waals surface area contributed by atoms with Gasteiger partial charge in [-0.1, -0.05) is 77.9 Å². The molecule has 2 aliphatic heterocycles. The zero-order valence-corrected chi connectivity index (χ0v) is 24.7. The number of nitrogens with zero attached hydrogens (tertiary/aromatic N) is 2. The Morgan fingerprint density at radius 3 is 2.27 bits per heavy atom. The van der Waals surface area contributed by atoms with Crippen LogP contribution in [0.1, 0.15) is 35.4 Å². The lowest BCUT2D eigenvalue weighted by Gasteiger charge is -2.50. The van der Waals surface area contributed by atoms with Gasteiger partial charge in [0, 0.05) is 11.5 Å². The lowest BCUT2D eigenvalue weighted by atomic mass is 9.49. The van der Waals surface area contributed by atoms with Crippen LogP contribution in [-0.4, -0.2) is 51.8 Å². The van der Waals surface area contributed by atoms with E-state index < -0.39 is 64.7 Å². The summed E-state index contributed by atoms with van der Waals surface area (Å²) in [7, 11) is 1.11. The summed E-state index contributed by atoms with van der Waals surface area (Å²) < 4.78 is 4.76. The fraction of sp³-hybridized carbons (Fsp3) is 0.286. The highest BCUT2D eigenvalue weighted by atomic mass is 16.5. The molecule has 2 heterocycles. The first-order valence-electron chi connectivity index (χ1n) is 14.9. The minimum absolute atomic E-state index is 0.0598. The highest BCUT2D eigenvalue weighted by molar-refractivity contribution is 6.16. The third-order valence-electron chi connectivity index (χ3n) is 10.00. The molecule has 10 nitrogen and oxygen atoms in total. The van der Waals surface area contributed by atoms with E-state index in [0.29, 0.717) is 27.3 Å². The highest BCUT2D eigenvalue weighted by Crippen LogP contribution is 2.64. The number of allylic oxidation sites excluding steroid dienone is 2. The Hall–Kier alpha value is -5.25. The first-order chi connectivity index (χ1) is 21.7. The number of amides is 5. The van der Waals surface area contributed by atoms with Gasteiger partial charge in [-0.25, -0.2) is 4.79 Å². The number of methoxy groups -OCH3 is 1. The molecule has 5 amide bonds. The van der Waals surface area contributed by atoms with Gasteiger partial charge < -0.3 is 9.84 Å². The van der Waals surface area contributed by atoms with Crippen LogP contribution in [0.2, 0.25) is 0 Å². The number of carbonyl (C=O) groups is 5. The van der Waals surface area contributed by atoms with Gasteiger partial charge in [0.2, 0.25) is 11.8 Å². The van der Waals surface area contributed by atoms with Crippen molar-refractivity contribution in [1.82, 2.24) is 9.91 Å². The maximum absolute atomic E-state index is 15.0. The Balaban J connectivity index is 1.45. The van der Waals surface area contributed by atoms with Crippen molar-refractivity contribution in [2.45, 2.75) is 31.1 Å². The molecule has 3 fully saturated rings. The number of phenolic OH excluding ortho intramolecular Hbond substituents is 1. The van der Waals surface area contributed by atoms with Crippen LogP contribution in [-0.2, 0) is 29.3 Å². The molecule has 0 aromatic heterocycles. The van der Waals surface area contributed by atoms with E-state index in [1.54, 1.807) is 30.3 Å². The summed E-state index contributed by atoms with van der Waals surface area (Å²) in [4.78, 5) is 69.7. The number of imide groups is 4. The Bertz CT molecular complexity index is 1790. The molecular weight excluding hydrogens is 574 g/mol. The van der Waals surface area contributed by atoms with Gasteiger partial charge in [0.05, 0.1) is 36.0 Å². The summed E-state index contributed by atoms with van der Waals surface area (Å²) in [5.74, 6) is -6.56. The molecular formula is C35H31N3O7. The summed E-state index contributed by atoms with van der Waals surface area (Å²) in [6, 6.07) is 23.1. The fourth-order valence-corrected chi connectivity index (χ4v) is 8.09. The lowest BCUT2D eigenvalue weighted by Crippen LogP contribution is -2.53. The van der Waals surface area contributed by atoms with Gasteiger partial charge in [-0.2, -0.15) is 9.91 Å². The van der Waals surface area contributed by atoms with Crippen LogP contribution >= 0.6 is 0 Å². The number of aryl methyl sites for hydroxylation is 1. The number of aromatic hydroxyl groups is 1. The molecule has 2 N–H and O–H groups in total. The molecule has 228 valence electrons. The highest BCUT2D eigenvalue weighted by Gasteiger charge is 2.70. The average Bonchev–Trinajstić information content (AvgIpc) is 3.43. The molecule has 0 radical (unpaired) electrons. The molecule has 6 unspecified atom stereocenters. The van der Waals surface area contributed by atoms with Crippen molar-refractivity contribution in [3.63, 3.8) is 0 Å². The summed E-state index contributed by atoms with van der Waals surface area (Å²) in [5.41, 5.74) is 4.82. The number of anilines is 1. The van der Waals surface area contributed by atoms with Crippen molar-refractivity contribution in [2.24, 2.45) is 23.7 Å². The van der Waals surface area contributed by atoms with Gasteiger partial charge in [-0.15, -0.1) is 0 Å². The van der Waals surface area contributed by atoms with Crippen LogP contribution in [0.5, 0.6) is 5.75 Å². The van der Waals surface area contributed by atoms with E-state index in [4.69, 9.17) is 4.74 Å². The van der Waals surface area contributed by atoms with Crippen LogP contribution in [0, 0.1) is 30.6 Å². The summed E-state index contributed by atoms with van der Waals surface area (Å²) in [6.45, 7) is 1.94. The van der Waals surface area contributed by atoms with Crippen molar-refractivity contribution in [2.75, 3.05) is 12.5 Å². The second kappa shape index (κ2) is 10.4. The molecule has 3 aromatic rings. The predicted molar refractivity (Wildman–Crippen MR) is 161 cm³/mol. The van der Waals surface area contributed by atoms with E-state index in [1.807, 2.05) is 55.5 Å². The number of rotatable bonds is 4. The largest absolute Gasteiger partial charge is 0.508 e. The molecule has 4 aliphatic rings. The number of likely N-dealkylation sites (tertiary alicyclic amines) is 1. The number of phenols is 1. The first kappa shape index (κ1) is 28.5. The quantitative estimate of drug-likeness (QED) is 0.329. The van der Waals surface area contributed by atoms with E-state index >= 15 is 0 Å². The van der Waals surface area contributed by atoms with Crippen LogP contribution in [0.15, 0.2) is 90.5 Å². The van der Waals surface area contributed by atoms with Crippen LogP contribution in [0.4, 0.5) is 10.5 Å². The smallest absolute Gasteiger partial charge is 0.423 e. The Morgan fingerprint density at radius 2 is 1.58 bits per heavy atom. The molecule has 3 aromatic carbocycles. The molecule has 6 atom stereocenters. The van der Waals surface area contributed by atoms with Crippen LogP contribution in [0.3, 0.4) is 0 Å². The number of hydrogen-bond donors (Lipinski definition) is 2. The van der Waals surface area contributed by atoms with Crippen LogP contribution in [0.25, 0.3) is 0 Å². The third kappa shape index (κ3) is 3.97. The minimum Gasteiger partial charge on any atom is -0.508 e. The predicted octanol–water partition coefficient (Wildman–Crippen LogP) is 4.45. The molecule has 2 aliphatic carbocycles. The van der Waals surface area contributed by atoms with Gasteiger partial charge in [0.25, 0.3) is 11.8 Å². The van der Waals surface area contributed by atoms with Gasteiger partial charge in [-0.3, -0.25) is 24.6 Å². The SMILES string of the molecule is COC(=O)N1C(=O)C2CC=C3C(CC4C(=O)N(Nc5ccc(C)cc5)C(=O)C4(c4ccccc4)C3c3ccccc3O)C2C1=O. The second-order valence-electron chi connectivity index (χ2n) is 12.1. The monoisotopic (exact) mass is 605 g/mol. The van der Waals surface area contributed by atoms with E-state index in [2.05, 4.69) is 5.43 Å². The van der Waals surface area contributed by atoms with Crippen molar-refractivity contribution in [3.05, 3.63) is 107 Å². The number of hydrogen-bond acceptors (Lipinski definition) is 8. The van der Waals surface area contributed by atoms with Crippen molar-refractivity contribution >= 4 is 35.4 Å². The van der Waals surface area contributed by atoms with E-state index in [0.717, 1.165) is 17.7 Å². The number of ether oxygens (including phenoxy) is 1. The zero-order chi connectivity index (χ0) is 31.6. The number of benzene rings is 3. The Kier molecular flexibility index (Phi) is 6.61. The first-order valence-corrected chi connectivity index (χ1v) is 14.9. The number of carbonyl (C=O) groups excluding carboxylic acids is 5. The van der Waals surface area contributed by atoms with Crippen LogP contribution < -0.4 is 5.43 Å². The third-order valence-corrected chi connectivity index (χ3v) is 10.00. The summed E-state index contributed by atoms with van der Waals surface area (Å²) in [6.07, 6.45) is 1.05. The molecule has 7 rings (SSSR count). The zero-order valence-electron chi connectivity index (χ0n) is 24.7. The molecule has 45 heavy (non-hydrogen) atoms. The maximum Gasteiger partial charge on any atom is 0.423 e. The fourth-order valence-electron chi connectivity index (χ4n) is 8.09. The van der Waals surface area contributed by atoms with Crippen molar-refractivity contribution in [3.8, 4) is 5.75 Å². The number of hydrazine groups is 1. The summed E-state index contributed by atoms with van der Waals surface area (Å²) in [5, 5.41) is 12.4. The molecule has 10 heteroatoms. The van der Waals surface area contributed by atoms with Crippen molar-refractivity contribution in [1.29, 1.82) is 0 Å². The molecule has 1 saturated carbocycles.